The second kappa shape index (κ2) is 8.71. The lowest BCUT2D eigenvalue weighted by Crippen LogP contribution is -2.25. The van der Waals surface area contributed by atoms with Crippen LogP contribution in [0.3, 0.4) is 0 Å². The van der Waals surface area contributed by atoms with E-state index in [4.69, 9.17) is 4.42 Å². The Labute approximate surface area is 196 Å². The van der Waals surface area contributed by atoms with Gasteiger partial charge in [0.25, 0.3) is 5.91 Å². The molecule has 0 unspecified atom stereocenters. The van der Waals surface area contributed by atoms with Gasteiger partial charge in [0, 0.05) is 16.8 Å². The van der Waals surface area contributed by atoms with Crippen LogP contribution in [0.2, 0.25) is 0 Å². The number of carbonyl (C=O) groups is 2. The van der Waals surface area contributed by atoms with Gasteiger partial charge in [0.15, 0.2) is 0 Å². The maximum absolute atomic E-state index is 13.5. The lowest BCUT2D eigenvalue weighted by molar-refractivity contribution is -0.113. The van der Waals surface area contributed by atoms with Crippen LogP contribution < -0.4 is 4.90 Å². The van der Waals surface area contributed by atoms with Crippen molar-refractivity contribution < 1.29 is 19.1 Å². The fourth-order valence-corrected chi connectivity index (χ4v) is 3.90. The van der Waals surface area contributed by atoms with Gasteiger partial charge in [0.1, 0.15) is 11.5 Å². The number of hydrogen-bond donors (Lipinski definition) is 1. The molecule has 5 heteroatoms. The highest BCUT2D eigenvalue weighted by Crippen LogP contribution is 2.35. The fourth-order valence-electron chi connectivity index (χ4n) is 3.90. The molecule has 4 aromatic rings. The normalized spacial score (nSPS) is 14.5. The van der Waals surface area contributed by atoms with Crippen LogP contribution in [-0.2, 0) is 4.79 Å². The maximum atomic E-state index is 13.5. The van der Waals surface area contributed by atoms with E-state index in [1.807, 2.05) is 79.7 Å². The lowest BCUT2D eigenvalue weighted by atomic mass is 10.1. The quantitative estimate of drug-likeness (QED) is 0.358. The van der Waals surface area contributed by atoms with Gasteiger partial charge in [-0.1, -0.05) is 60.2 Å². The zero-order valence-electron chi connectivity index (χ0n) is 18.4. The Hall–Kier alpha value is -4.64. The number of hydrogen-bond acceptors (Lipinski definition) is 3. The van der Waals surface area contributed by atoms with E-state index >= 15 is 0 Å². The van der Waals surface area contributed by atoms with Crippen LogP contribution in [0, 0.1) is 6.92 Å². The van der Waals surface area contributed by atoms with E-state index in [0.717, 1.165) is 16.9 Å². The van der Waals surface area contributed by atoms with Crippen LogP contribution >= 0.6 is 0 Å². The summed E-state index contributed by atoms with van der Waals surface area (Å²) in [5, 5.41) is 9.22. The number of aryl methyl sites for hydroxylation is 1. The number of amides is 1. The average Bonchev–Trinajstić information content (AvgIpc) is 3.45. The highest BCUT2D eigenvalue weighted by molar-refractivity contribution is 6.23. The molecular formula is C29H21NO4. The van der Waals surface area contributed by atoms with E-state index in [0.29, 0.717) is 22.7 Å². The Bertz CT molecular complexity index is 1430. The molecule has 34 heavy (non-hydrogen) atoms. The van der Waals surface area contributed by atoms with Crippen LogP contribution in [0.5, 0.6) is 0 Å². The van der Waals surface area contributed by atoms with Crippen molar-refractivity contribution in [2.24, 2.45) is 0 Å². The van der Waals surface area contributed by atoms with Gasteiger partial charge in [0.05, 0.1) is 11.3 Å². The molecule has 5 rings (SSSR count). The van der Waals surface area contributed by atoms with Gasteiger partial charge >= 0.3 is 5.97 Å². The first-order valence-electron chi connectivity index (χ1n) is 10.8. The number of benzene rings is 3. The molecule has 1 aliphatic heterocycles. The van der Waals surface area contributed by atoms with E-state index in [1.54, 1.807) is 23.1 Å². The van der Waals surface area contributed by atoms with Gasteiger partial charge in [0.2, 0.25) is 0 Å². The van der Waals surface area contributed by atoms with Gasteiger partial charge in [-0.3, -0.25) is 9.69 Å². The van der Waals surface area contributed by atoms with Crippen molar-refractivity contribution in [2.45, 2.75) is 6.92 Å². The number of furan rings is 1. The summed E-state index contributed by atoms with van der Waals surface area (Å²) in [5.74, 6) is 0.0764. The molecule has 2 heterocycles. The Morgan fingerprint density at radius 3 is 2.24 bits per heavy atom. The molecule has 0 radical (unpaired) electrons. The Morgan fingerprint density at radius 2 is 1.56 bits per heavy atom. The van der Waals surface area contributed by atoms with Crippen molar-refractivity contribution in [3.05, 3.63) is 125 Å². The number of rotatable bonds is 5. The molecule has 0 saturated carbocycles. The number of carboxylic acids is 1. The summed E-state index contributed by atoms with van der Waals surface area (Å²) in [4.78, 5) is 26.3. The molecule has 166 valence electrons. The first-order chi connectivity index (χ1) is 16.5. The van der Waals surface area contributed by atoms with Crippen LogP contribution in [0.25, 0.3) is 23.1 Å². The summed E-state index contributed by atoms with van der Waals surface area (Å²) in [6.07, 6.45) is 3.56. The summed E-state index contributed by atoms with van der Waals surface area (Å²) < 4.78 is 6.00. The van der Waals surface area contributed by atoms with Crippen LogP contribution in [0.15, 0.2) is 107 Å². The molecule has 0 saturated heterocycles. The molecule has 1 N–H and O–H groups in total. The minimum Gasteiger partial charge on any atom is -0.478 e. The molecular weight excluding hydrogens is 426 g/mol. The number of anilines is 1. The van der Waals surface area contributed by atoms with Crippen molar-refractivity contribution >= 4 is 29.3 Å². The van der Waals surface area contributed by atoms with Gasteiger partial charge < -0.3 is 9.52 Å². The molecule has 3 aromatic carbocycles. The van der Waals surface area contributed by atoms with Crippen molar-refractivity contribution in [3.8, 4) is 11.3 Å². The number of carbonyl (C=O) groups excluding carboxylic acids is 1. The van der Waals surface area contributed by atoms with E-state index in [2.05, 4.69) is 0 Å². The van der Waals surface area contributed by atoms with Gasteiger partial charge in [-0.2, -0.15) is 0 Å². The fraction of sp³-hybridized carbons (Fsp3) is 0.0345. The summed E-state index contributed by atoms with van der Waals surface area (Å²) in [7, 11) is 0. The van der Waals surface area contributed by atoms with Crippen LogP contribution in [0.4, 0.5) is 5.69 Å². The summed E-state index contributed by atoms with van der Waals surface area (Å²) in [6, 6.07) is 27.7. The van der Waals surface area contributed by atoms with Gasteiger partial charge in [-0.15, -0.1) is 0 Å². The van der Waals surface area contributed by atoms with Crippen molar-refractivity contribution in [2.75, 3.05) is 4.90 Å². The van der Waals surface area contributed by atoms with Crippen LogP contribution in [0.1, 0.15) is 27.2 Å². The highest BCUT2D eigenvalue weighted by atomic mass is 16.4. The summed E-state index contributed by atoms with van der Waals surface area (Å²) in [5.41, 5.74) is 4.96. The van der Waals surface area contributed by atoms with E-state index < -0.39 is 5.97 Å². The summed E-state index contributed by atoms with van der Waals surface area (Å²) >= 11 is 0. The minimum absolute atomic E-state index is 0.163. The number of aromatic carboxylic acids is 1. The Balaban J connectivity index is 1.52. The van der Waals surface area contributed by atoms with E-state index in [-0.39, 0.29) is 11.5 Å². The molecule has 5 nitrogen and oxygen atoms in total. The topological polar surface area (TPSA) is 70.8 Å². The van der Waals surface area contributed by atoms with E-state index in [9.17, 15) is 14.7 Å². The molecule has 0 fully saturated rings. The maximum Gasteiger partial charge on any atom is 0.335 e. The highest BCUT2D eigenvalue weighted by Gasteiger charge is 2.30. The third kappa shape index (κ3) is 4.07. The van der Waals surface area contributed by atoms with Crippen molar-refractivity contribution in [1.29, 1.82) is 0 Å². The van der Waals surface area contributed by atoms with Crippen molar-refractivity contribution in [3.63, 3.8) is 0 Å². The number of nitrogens with zero attached hydrogens (tertiary/aromatic N) is 1. The monoisotopic (exact) mass is 447 g/mol. The van der Waals surface area contributed by atoms with E-state index in [1.165, 1.54) is 17.7 Å². The SMILES string of the molecule is Cc1ccc(-c2ccc(C=C3C=C(c4ccccc4)N(c4ccc(C(=O)O)cc4)C3=O)o2)cc1. The molecule has 1 aliphatic rings. The molecule has 1 amide bonds. The van der Waals surface area contributed by atoms with Crippen LogP contribution in [-0.4, -0.2) is 17.0 Å². The zero-order valence-corrected chi connectivity index (χ0v) is 18.4. The molecule has 0 spiro atoms. The smallest absolute Gasteiger partial charge is 0.335 e. The zero-order chi connectivity index (χ0) is 23.7. The largest absolute Gasteiger partial charge is 0.478 e. The third-order valence-electron chi connectivity index (χ3n) is 5.69. The lowest BCUT2D eigenvalue weighted by Gasteiger charge is -2.21. The second-order valence-corrected chi connectivity index (χ2v) is 8.06. The molecule has 1 aromatic heterocycles. The minimum atomic E-state index is -1.01. The summed E-state index contributed by atoms with van der Waals surface area (Å²) in [6.45, 7) is 2.03. The predicted molar refractivity (Wildman–Crippen MR) is 132 cm³/mol. The van der Waals surface area contributed by atoms with Crippen molar-refractivity contribution in [1.82, 2.24) is 0 Å². The average molecular weight is 447 g/mol. The molecule has 0 aliphatic carbocycles. The first-order valence-corrected chi connectivity index (χ1v) is 10.8. The molecule has 0 atom stereocenters. The second-order valence-electron chi connectivity index (χ2n) is 8.06. The molecule has 0 bridgehead atoms. The number of carboxylic acid groups (broad SMARTS) is 1. The Morgan fingerprint density at radius 1 is 0.853 bits per heavy atom. The Kier molecular flexibility index (Phi) is 5.44. The third-order valence-corrected chi connectivity index (χ3v) is 5.69. The standard InChI is InChI=1S/C29H21NO4/c1-19-7-9-21(10-8-19)27-16-15-25(34-27)17-23-18-26(20-5-3-2-4-6-20)30(28(23)31)24-13-11-22(12-14-24)29(32)33/h2-18H,1H3,(H,32,33). The van der Waals surface area contributed by atoms with Gasteiger partial charge in [-0.05, 0) is 61.0 Å². The first kappa shape index (κ1) is 21.2. The predicted octanol–water partition coefficient (Wildman–Crippen LogP) is 6.42. The van der Waals surface area contributed by atoms with Gasteiger partial charge in [-0.25, -0.2) is 4.79 Å².